The molecule has 1 saturated heterocycles. The average Bonchev–Trinajstić information content (AvgIpc) is 2.06. The second-order valence-corrected chi connectivity index (χ2v) is 3.61. The van der Waals surface area contributed by atoms with Crippen molar-refractivity contribution in [3.63, 3.8) is 0 Å². The van der Waals surface area contributed by atoms with Gasteiger partial charge in [-0.2, -0.15) is 0 Å². The van der Waals surface area contributed by atoms with Crippen molar-refractivity contribution < 1.29 is 0 Å². The molecule has 0 aromatic carbocycles. The van der Waals surface area contributed by atoms with Crippen LogP contribution < -0.4 is 0 Å². The van der Waals surface area contributed by atoms with Crippen molar-refractivity contribution in [2.45, 2.75) is 19.9 Å². The van der Waals surface area contributed by atoms with Crippen LogP contribution >= 0.6 is 0 Å². The minimum absolute atomic E-state index is 0.679. The minimum atomic E-state index is 0.679. The third kappa shape index (κ3) is 2.51. The highest BCUT2D eigenvalue weighted by Crippen LogP contribution is 2.04. The maximum atomic E-state index is 5.25. The summed E-state index contributed by atoms with van der Waals surface area (Å²) < 4.78 is 0. The van der Waals surface area contributed by atoms with E-state index >= 15 is 0 Å². The first-order valence-corrected chi connectivity index (χ1v) is 4.64. The van der Waals surface area contributed by atoms with E-state index < -0.39 is 0 Å². The van der Waals surface area contributed by atoms with Crippen molar-refractivity contribution >= 4 is 0 Å². The lowest BCUT2D eigenvalue weighted by molar-refractivity contribution is 0.118. The Morgan fingerprint density at radius 1 is 1.25 bits per heavy atom. The zero-order valence-corrected chi connectivity index (χ0v) is 8.08. The monoisotopic (exact) mass is 166 g/mol. The molecular formula is C10H18N2. The molecule has 0 radical (unpaired) electrons. The first-order valence-electron chi connectivity index (χ1n) is 4.64. The van der Waals surface area contributed by atoms with Crippen LogP contribution in [0.3, 0.4) is 0 Å². The molecular weight excluding hydrogens is 148 g/mol. The molecule has 0 amide bonds. The largest absolute Gasteiger partial charge is 0.298 e. The van der Waals surface area contributed by atoms with Crippen LogP contribution in [0.15, 0.2) is 0 Å². The van der Waals surface area contributed by atoms with Crippen molar-refractivity contribution in [2.75, 3.05) is 32.7 Å². The van der Waals surface area contributed by atoms with Gasteiger partial charge >= 0.3 is 0 Å². The number of hydrogen-bond donors (Lipinski definition) is 0. The lowest BCUT2D eigenvalue weighted by Gasteiger charge is -2.35. The number of terminal acetylenes is 1. The summed E-state index contributed by atoms with van der Waals surface area (Å²) in [4.78, 5) is 4.83. The molecule has 12 heavy (non-hydrogen) atoms. The van der Waals surface area contributed by atoms with Crippen LogP contribution in [0.1, 0.15) is 13.8 Å². The Bertz CT molecular complexity index is 161. The van der Waals surface area contributed by atoms with Crippen molar-refractivity contribution in [1.82, 2.24) is 9.80 Å². The molecule has 1 aliphatic rings. The van der Waals surface area contributed by atoms with Gasteiger partial charge in [-0.3, -0.25) is 9.80 Å². The summed E-state index contributed by atoms with van der Waals surface area (Å²) in [5, 5.41) is 0. The van der Waals surface area contributed by atoms with Gasteiger partial charge in [0.2, 0.25) is 0 Å². The fourth-order valence-corrected chi connectivity index (χ4v) is 1.57. The third-order valence-electron chi connectivity index (χ3n) is 2.45. The van der Waals surface area contributed by atoms with Crippen molar-refractivity contribution in [3.05, 3.63) is 0 Å². The zero-order valence-electron chi connectivity index (χ0n) is 8.08. The molecule has 2 heteroatoms. The van der Waals surface area contributed by atoms with Crippen LogP contribution in [0.2, 0.25) is 0 Å². The molecule has 0 bridgehead atoms. The van der Waals surface area contributed by atoms with E-state index in [-0.39, 0.29) is 0 Å². The summed E-state index contributed by atoms with van der Waals surface area (Å²) in [6.07, 6.45) is 5.25. The third-order valence-corrected chi connectivity index (χ3v) is 2.45. The Kier molecular flexibility index (Phi) is 3.58. The van der Waals surface area contributed by atoms with E-state index in [1.807, 2.05) is 0 Å². The van der Waals surface area contributed by atoms with Crippen LogP contribution in [0.25, 0.3) is 0 Å². The first kappa shape index (κ1) is 9.57. The van der Waals surface area contributed by atoms with Gasteiger partial charge in [-0.15, -0.1) is 6.42 Å². The fourth-order valence-electron chi connectivity index (χ4n) is 1.57. The summed E-state index contributed by atoms with van der Waals surface area (Å²) in [5.41, 5.74) is 0. The number of nitrogens with zero attached hydrogens (tertiary/aromatic N) is 2. The van der Waals surface area contributed by atoms with Crippen molar-refractivity contribution in [1.29, 1.82) is 0 Å². The Morgan fingerprint density at radius 2 is 1.83 bits per heavy atom. The average molecular weight is 166 g/mol. The lowest BCUT2D eigenvalue weighted by atomic mass is 10.2. The number of rotatable bonds is 2. The molecule has 0 N–H and O–H groups in total. The van der Waals surface area contributed by atoms with E-state index in [1.165, 1.54) is 13.1 Å². The predicted octanol–water partition coefficient (Wildman–Crippen LogP) is 0.646. The molecule has 0 aliphatic carbocycles. The van der Waals surface area contributed by atoms with Gasteiger partial charge < -0.3 is 0 Å². The van der Waals surface area contributed by atoms with Gasteiger partial charge in [-0.05, 0) is 13.8 Å². The normalized spacial score (nSPS) is 21.2. The molecule has 0 spiro atoms. The SMILES string of the molecule is C#CCN1CCN(C(C)C)CC1. The molecule has 0 saturated carbocycles. The minimum Gasteiger partial charge on any atom is -0.298 e. The highest BCUT2D eigenvalue weighted by molar-refractivity contribution is 4.89. The second-order valence-electron chi connectivity index (χ2n) is 3.61. The molecule has 68 valence electrons. The molecule has 1 rings (SSSR count). The van der Waals surface area contributed by atoms with E-state index in [9.17, 15) is 0 Å². The van der Waals surface area contributed by atoms with E-state index in [0.717, 1.165) is 19.6 Å². The highest BCUT2D eigenvalue weighted by atomic mass is 15.3. The van der Waals surface area contributed by atoms with E-state index in [4.69, 9.17) is 6.42 Å². The molecule has 2 nitrogen and oxygen atoms in total. The van der Waals surface area contributed by atoms with Crippen LogP contribution in [0.5, 0.6) is 0 Å². The van der Waals surface area contributed by atoms with Crippen LogP contribution in [-0.4, -0.2) is 48.6 Å². The number of hydrogen-bond acceptors (Lipinski definition) is 2. The maximum absolute atomic E-state index is 5.25. The van der Waals surface area contributed by atoms with Gasteiger partial charge in [0.25, 0.3) is 0 Å². The van der Waals surface area contributed by atoms with E-state index in [2.05, 4.69) is 29.6 Å². The Morgan fingerprint density at radius 3 is 2.25 bits per heavy atom. The summed E-state index contributed by atoms with van der Waals surface area (Å²) in [6.45, 7) is 9.89. The Balaban J connectivity index is 2.26. The van der Waals surface area contributed by atoms with Crippen LogP contribution in [0, 0.1) is 12.3 Å². The van der Waals surface area contributed by atoms with Crippen LogP contribution in [-0.2, 0) is 0 Å². The van der Waals surface area contributed by atoms with Gasteiger partial charge in [0.1, 0.15) is 0 Å². The summed E-state index contributed by atoms with van der Waals surface area (Å²) in [7, 11) is 0. The van der Waals surface area contributed by atoms with Crippen molar-refractivity contribution in [3.8, 4) is 12.3 Å². The lowest BCUT2D eigenvalue weighted by Crippen LogP contribution is -2.48. The summed E-state index contributed by atoms with van der Waals surface area (Å²) in [6, 6.07) is 0.679. The second kappa shape index (κ2) is 4.49. The molecule has 0 aromatic rings. The zero-order chi connectivity index (χ0) is 8.97. The summed E-state index contributed by atoms with van der Waals surface area (Å²) >= 11 is 0. The molecule has 0 aromatic heterocycles. The molecule has 0 atom stereocenters. The summed E-state index contributed by atoms with van der Waals surface area (Å²) in [5.74, 6) is 2.69. The van der Waals surface area contributed by atoms with Gasteiger partial charge in [-0.25, -0.2) is 0 Å². The first-order chi connectivity index (χ1) is 5.74. The van der Waals surface area contributed by atoms with Gasteiger partial charge in [0.15, 0.2) is 0 Å². The Hall–Kier alpha value is -0.520. The smallest absolute Gasteiger partial charge is 0.0599 e. The molecule has 1 aliphatic heterocycles. The van der Waals surface area contributed by atoms with Gasteiger partial charge in [0.05, 0.1) is 6.54 Å². The van der Waals surface area contributed by atoms with E-state index in [0.29, 0.717) is 6.04 Å². The Labute approximate surface area is 75.5 Å². The molecule has 1 heterocycles. The van der Waals surface area contributed by atoms with Gasteiger partial charge in [-0.1, -0.05) is 5.92 Å². The highest BCUT2D eigenvalue weighted by Gasteiger charge is 2.17. The fraction of sp³-hybridized carbons (Fsp3) is 0.800. The number of piperazine rings is 1. The van der Waals surface area contributed by atoms with E-state index in [1.54, 1.807) is 0 Å². The quantitative estimate of drug-likeness (QED) is 0.556. The predicted molar refractivity (Wildman–Crippen MR) is 52.0 cm³/mol. The topological polar surface area (TPSA) is 6.48 Å². The van der Waals surface area contributed by atoms with Gasteiger partial charge in [0, 0.05) is 32.2 Å². The maximum Gasteiger partial charge on any atom is 0.0599 e. The molecule has 1 fully saturated rings. The standard InChI is InChI=1S/C10H18N2/c1-4-5-11-6-8-12(9-7-11)10(2)3/h1,10H,5-9H2,2-3H3. The molecule has 0 unspecified atom stereocenters. The van der Waals surface area contributed by atoms with Crippen LogP contribution in [0.4, 0.5) is 0 Å². The van der Waals surface area contributed by atoms with Crippen molar-refractivity contribution in [2.24, 2.45) is 0 Å².